The van der Waals surface area contributed by atoms with Crippen molar-refractivity contribution in [1.29, 1.82) is 0 Å². The Labute approximate surface area is 216 Å². The SMILES string of the molecule is Cc1cc(C)c(-c2cccc(P(c3ccccc3)c3ccccc3)c2Nc2ccccc2C)c(C)c1. The molecule has 2 heteroatoms. The lowest BCUT2D eigenvalue weighted by molar-refractivity contribution is 1.32. The van der Waals surface area contributed by atoms with Crippen LogP contribution in [0.5, 0.6) is 0 Å². The maximum Gasteiger partial charge on any atom is 0.0548 e. The average Bonchev–Trinajstić information content (AvgIpc) is 2.88. The Morgan fingerprint density at radius 3 is 1.67 bits per heavy atom. The molecule has 1 N–H and O–H groups in total. The Hall–Kier alpha value is -3.67. The van der Waals surface area contributed by atoms with E-state index in [1.54, 1.807) is 0 Å². The molecule has 0 aliphatic rings. The standard InChI is InChI=1S/C34H32NP/c1-24-22-26(3)33(27(4)23-24)30-19-13-21-32(34(30)35-31-20-12-11-14-25(31)2)36(28-15-7-5-8-16-28)29-17-9-6-10-18-29/h5-23,35H,1-4H3. The van der Waals surface area contributed by atoms with Gasteiger partial charge in [0.2, 0.25) is 0 Å². The van der Waals surface area contributed by atoms with Gasteiger partial charge in [-0.1, -0.05) is 115 Å². The van der Waals surface area contributed by atoms with Crippen molar-refractivity contribution in [2.24, 2.45) is 0 Å². The normalized spacial score (nSPS) is 11.0. The van der Waals surface area contributed by atoms with Gasteiger partial charge in [0.15, 0.2) is 0 Å². The summed E-state index contributed by atoms with van der Waals surface area (Å²) in [6.45, 7) is 8.81. The van der Waals surface area contributed by atoms with Crippen LogP contribution in [0.15, 0.2) is 115 Å². The zero-order valence-electron chi connectivity index (χ0n) is 21.4. The number of aryl methyl sites for hydroxylation is 4. The molecule has 0 aliphatic heterocycles. The predicted octanol–water partition coefficient (Wildman–Crippen LogP) is 8.09. The highest BCUT2D eigenvalue weighted by atomic mass is 31.1. The van der Waals surface area contributed by atoms with E-state index >= 15 is 0 Å². The van der Waals surface area contributed by atoms with Crippen LogP contribution >= 0.6 is 7.92 Å². The lowest BCUT2D eigenvalue weighted by Gasteiger charge is -2.26. The average molecular weight is 486 g/mol. The number of hydrogen-bond acceptors (Lipinski definition) is 1. The van der Waals surface area contributed by atoms with Gasteiger partial charge in [0.05, 0.1) is 5.69 Å². The molecule has 5 aromatic rings. The highest BCUT2D eigenvalue weighted by molar-refractivity contribution is 7.80. The van der Waals surface area contributed by atoms with Gasteiger partial charge in [0.25, 0.3) is 0 Å². The third-order valence-corrected chi connectivity index (χ3v) is 9.15. The van der Waals surface area contributed by atoms with Crippen molar-refractivity contribution >= 4 is 35.2 Å². The summed E-state index contributed by atoms with van der Waals surface area (Å²) in [5, 5.41) is 7.95. The molecule has 0 radical (unpaired) electrons. The van der Waals surface area contributed by atoms with E-state index in [1.165, 1.54) is 55.0 Å². The van der Waals surface area contributed by atoms with Crippen LogP contribution < -0.4 is 21.2 Å². The van der Waals surface area contributed by atoms with Crippen molar-refractivity contribution in [2.45, 2.75) is 27.7 Å². The lowest BCUT2D eigenvalue weighted by atomic mass is 9.92. The van der Waals surface area contributed by atoms with Crippen LogP contribution in [-0.2, 0) is 0 Å². The fourth-order valence-corrected chi connectivity index (χ4v) is 7.53. The van der Waals surface area contributed by atoms with Crippen molar-refractivity contribution < 1.29 is 0 Å². The molecule has 0 unspecified atom stereocenters. The number of rotatable bonds is 6. The van der Waals surface area contributed by atoms with Crippen LogP contribution in [0, 0.1) is 27.7 Å². The highest BCUT2D eigenvalue weighted by Gasteiger charge is 2.23. The number of benzene rings is 5. The molecule has 0 fully saturated rings. The zero-order chi connectivity index (χ0) is 25.1. The molecule has 178 valence electrons. The Kier molecular flexibility index (Phi) is 7.03. The third-order valence-electron chi connectivity index (χ3n) is 6.66. The Morgan fingerprint density at radius 2 is 1.08 bits per heavy atom. The molecule has 0 heterocycles. The molecule has 0 amide bonds. The van der Waals surface area contributed by atoms with Gasteiger partial charge >= 0.3 is 0 Å². The molecule has 0 spiro atoms. The molecule has 1 nitrogen and oxygen atoms in total. The minimum Gasteiger partial charge on any atom is -0.354 e. The second-order valence-corrected chi connectivity index (χ2v) is 11.6. The first kappa shape index (κ1) is 24.0. The molecule has 0 aliphatic carbocycles. The van der Waals surface area contributed by atoms with Crippen molar-refractivity contribution in [2.75, 3.05) is 5.32 Å². The van der Waals surface area contributed by atoms with Gasteiger partial charge in [-0.25, -0.2) is 0 Å². The highest BCUT2D eigenvalue weighted by Crippen LogP contribution is 2.42. The molecular formula is C34H32NP. The third kappa shape index (κ3) is 4.85. The van der Waals surface area contributed by atoms with E-state index in [9.17, 15) is 0 Å². The van der Waals surface area contributed by atoms with E-state index in [2.05, 4.69) is 148 Å². The van der Waals surface area contributed by atoms with E-state index in [-0.39, 0.29) is 0 Å². The number of para-hydroxylation sites is 2. The number of nitrogens with one attached hydrogen (secondary N) is 1. The van der Waals surface area contributed by atoms with Crippen LogP contribution in [0.3, 0.4) is 0 Å². The van der Waals surface area contributed by atoms with Crippen molar-refractivity contribution in [3.05, 3.63) is 138 Å². The van der Waals surface area contributed by atoms with Gasteiger partial charge in [-0.3, -0.25) is 0 Å². The summed E-state index contributed by atoms with van der Waals surface area (Å²) in [5.74, 6) is 0. The van der Waals surface area contributed by atoms with Crippen molar-refractivity contribution in [1.82, 2.24) is 0 Å². The van der Waals surface area contributed by atoms with Crippen LogP contribution in [-0.4, -0.2) is 0 Å². The molecule has 5 rings (SSSR count). The zero-order valence-corrected chi connectivity index (χ0v) is 22.3. The van der Waals surface area contributed by atoms with Gasteiger partial charge in [-0.05, 0) is 74.5 Å². The summed E-state index contributed by atoms with van der Waals surface area (Å²) in [5.41, 5.74) is 10.1. The van der Waals surface area contributed by atoms with E-state index in [1.807, 2.05) is 0 Å². The first-order valence-electron chi connectivity index (χ1n) is 12.5. The van der Waals surface area contributed by atoms with Gasteiger partial charge in [-0.2, -0.15) is 0 Å². The summed E-state index contributed by atoms with van der Waals surface area (Å²) in [4.78, 5) is 0. The lowest BCUT2D eigenvalue weighted by Crippen LogP contribution is -2.23. The minimum atomic E-state index is -0.767. The van der Waals surface area contributed by atoms with E-state index in [4.69, 9.17) is 0 Å². The molecule has 0 atom stereocenters. The van der Waals surface area contributed by atoms with E-state index < -0.39 is 7.92 Å². The first-order chi connectivity index (χ1) is 17.5. The molecule has 36 heavy (non-hydrogen) atoms. The Morgan fingerprint density at radius 1 is 0.528 bits per heavy atom. The second kappa shape index (κ2) is 10.5. The molecule has 0 saturated heterocycles. The summed E-state index contributed by atoms with van der Waals surface area (Å²) in [6.07, 6.45) is 0. The smallest absolute Gasteiger partial charge is 0.0548 e. The van der Waals surface area contributed by atoms with E-state index in [0.717, 1.165) is 5.69 Å². The molecular weight excluding hydrogens is 453 g/mol. The monoisotopic (exact) mass is 485 g/mol. The maximum absolute atomic E-state index is 3.91. The quantitative estimate of drug-likeness (QED) is 0.240. The first-order valence-corrected chi connectivity index (χ1v) is 13.8. The van der Waals surface area contributed by atoms with Crippen LogP contribution in [0.4, 0.5) is 11.4 Å². The number of hydrogen-bond donors (Lipinski definition) is 1. The van der Waals surface area contributed by atoms with Gasteiger partial charge in [0, 0.05) is 16.6 Å². The molecule has 0 saturated carbocycles. The Bertz CT molecular complexity index is 1430. The minimum absolute atomic E-state index is 0.767. The fraction of sp³-hybridized carbons (Fsp3) is 0.118. The number of anilines is 2. The largest absolute Gasteiger partial charge is 0.354 e. The predicted molar refractivity (Wildman–Crippen MR) is 159 cm³/mol. The van der Waals surface area contributed by atoms with Gasteiger partial charge < -0.3 is 5.32 Å². The van der Waals surface area contributed by atoms with Crippen LogP contribution in [0.25, 0.3) is 11.1 Å². The summed E-state index contributed by atoms with van der Waals surface area (Å²) in [7, 11) is -0.767. The van der Waals surface area contributed by atoms with Gasteiger partial charge in [0.1, 0.15) is 0 Å². The van der Waals surface area contributed by atoms with Crippen molar-refractivity contribution in [3.8, 4) is 11.1 Å². The summed E-state index contributed by atoms with van der Waals surface area (Å²) in [6, 6.07) is 41.9. The summed E-state index contributed by atoms with van der Waals surface area (Å²) >= 11 is 0. The second-order valence-electron chi connectivity index (χ2n) is 9.42. The Balaban J connectivity index is 1.81. The van der Waals surface area contributed by atoms with Gasteiger partial charge in [-0.15, -0.1) is 0 Å². The maximum atomic E-state index is 3.91. The topological polar surface area (TPSA) is 12.0 Å². The van der Waals surface area contributed by atoms with Crippen LogP contribution in [0.1, 0.15) is 22.3 Å². The van der Waals surface area contributed by atoms with Crippen LogP contribution in [0.2, 0.25) is 0 Å². The molecule has 5 aromatic carbocycles. The fourth-order valence-electron chi connectivity index (χ4n) is 5.10. The van der Waals surface area contributed by atoms with E-state index in [0.29, 0.717) is 0 Å². The molecule has 0 bridgehead atoms. The summed E-state index contributed by atoms with van der Waals surface area (Å²) < 4.78 is 0. The molecule has 0 aromatic heterocycles. The van der Waals surface area contributed by atoms with Crippen molar-refractivity contribution in [3.63, 3.8) is 0 Å².